The van der Waals surface area contributed by atoms with Crippen LogP contribution < -0.4 is 0 Å². The maximum absolute atomic E-state index is 12.6. The van der Waals surface area contributed by atoms with Crippen LogP contribution in [0.3, 0.4) is 0 Å². The third-order valence-corrected chi connectivity index (χ3v) is 4.17. The van der Waals surface area contributed by atoms with Crippen LogP contribution in [0.1, 0.15) is 29.7 Å². The molecule has 2 rings (SSSR count). The summed E-state index contributed by atoms with van der Waals surface area (Å²) in [5, 5.41) is 10.9. The molecule has 0 N–H and O–H groups in total. The fraction of sp³-hybridized carbons (Fsp3) is 0.278. The summed E-state index contributed by atoms with van der Waals surface area (Å²) in [4.78, 5) is 24.2. The molecule has 26 heavy (non-hydrogen) atoms. The number of amides is 1. The van der Waals surface area contributed by atoms with E-state index < -0.39 is 22.7 Å². The minimum Gasteiger partial charge on any atom is -0.339 e. The summed E-state index contributed by atoms with van der Waals surface area (Å²) in [6.45, 7) is 1.73. The molecule has 8 heteroatoms. The van der Waals surface area contributed by atoms with Gasteiger partial charge in [0.25, 0.3) is 5.69 Å². The number of nitro groups is 1. The molecule has 0 radical (unpaired) electrons. The molecule has 0 aliphatic carbocycles. The first kappa shape index (κ1) is 19.4. The van der Waals surface area contributed by atoms with E-state index in [9.17, 15) is 28.1 Å². The fourth-order valence-corrected chi connectivity index (χ4v) is 2.45. The van der Waals surface area contributed by atoms with Gasteiger partial charge in [-0.2, -0.15) is 13.2 Å². The van der Waals surface area contributed by atoms with Crippen LogP contribution in [-0.2, 0) is 17.4 Å². The standard InChI is InChI=1S/C18H17F3N2O3/c1-12(14-4-3-5-16(11-14)23(25)26)22(2)17(24)10-13-6-8-15(9-7-13)18(19,20)21/h3-9,11-12H,10H2,1-2H3. The van der Waals surface area contributed by atoms with Crippen LogP contribution in [0.5, 0.6) is 0 Å². The summed E-state index contributed by atoms with van der Waals surface area (Å²) in [5.74, 6) is -0.302. The highest BCUT2D eigenvalue weighted by Crippen LogP contribution is 2.29. The van der Waals surface area contributed by atoms with Gasteiger partial charge in [-0.05, 0) is 30.2 Å². The van der Waals surface area contributed by atoms with Gasteiger partial charge in [0.15, 0.2) is 0 Å². The van der Waals surface area contributed by atoms with E-state index in [1.807, 2.05) is 0 Å². The van der Waals surface area contributed by atoms with Gasteiger partial charge in [-0.25, -0.2) is 0 Å². The summed E-state index contributed by atoms with van der Waals surface area (Å²) in [6.07, 6.45) is -4.48. The molecule has 138 valence electrons. The van der Waals surface area contributed by atoms with Gasteiger partial charge in [0.1, 0.15) is 0 Å². The van der Waals surface area contributed by atoms with E-state index in [0.29, 0.717) is 11.1 Å². The second-order valence-electron chi connectivity index (χ2n) is 5.90. The molecule has 0 aromatic heterocycles. The first-order chi connectivity index (χ1) is 12.1. The second-order valence-corrected chi connectivity index (χ2v) is 5.90. The van der Waals surface area contributed by atoms with Crippen molar-refractivity contribution in [3.63, 3.8) is 0 Å². The normalized spacial score (nSPS) is 12.5. The molecule has 0 saturated carbocycles. The number of hydrogen-bond acceptors (Lipinski definition) is 3. The predicted molar refractivity (Wildman–Crippen MR) is 89.4 cm³/mol. The maximum Gasteiger partial charge on any atom is 0.416 e. The van der Waals surface area contributed by atoms with Crippen molar-refractivity contribution < 1.29 is 22.9 Å². The summed E-state index contributed by atoms with van der Waals surface area (Å²) in [7, 11) is 1.55. The number of non-ortho nitro benzene ring substituents is 1. The lowest BCUT2D eigenvalue weighted by Crippen LogP contribution is -2.31. The Kier molecular flexibility index (Phi) is 5.64. The van der Waals surface area contributed by atoms with E-state index in [2.05, 4.69) is 0 Å². The topological polar surface area (TPSA) is 63.5 Å². The molecule has 0 saturated heterocycles. The van der Waals surface area contributed by atoms with E-state index in [1.54, 1.807) is 20.0 Å². The van der Waals surface area contributed by atoms with Gasteiger partial charge < -0.3 is 4.90 Å². The second kappa shape index (κ2) is 7.55. The van der Waals surface area contributed by atoms with E-state index in [4.69, 9.17) is 0 Å². The van der Waals surface area contributed by atoms with Crippen LogP contribution in [0.4, 0.5) is 18.9 Å². The van der Waals surface area contributed by atoms with Crippen LogP contribution in [0.25, 0.3) is 0 Å². The molecule has 1 amide bonds. The highest BCUT2D eigenvalue weighted by molar-refractivity contribution is 5.79. The van der Waals surface area contributed by atoms with Gasteiger partial charge in [-0.15, -0.1) is 0 Å². The monoisotopic (exact) mass is 366 g/mol. The minimum atomic E-state index is -4.42. The number of hydrogen-bond donors (Lipinski definition) is 0. The van der Waals surface area contributed by atoms with Gasteiger partial charge >= 0.3 is 6.18 Å². The zero-order chi connectivity index (χ0) is 19.5. The van der Waals surface area contributed by atoms with Crippen molar-refractivity contribution in [3.05, 3.63) is 75.3 Å². The Bertz CT molecular complexity index is 804. The van der Waals surface area contributed by atoms with Crippen LogP contribution in [0, 0.1) is 10.1 Å². The van der Waals surface area contributed by atoms with Gasteiger partial charge in [0.2, 0.25) is 5.91 Å². The van der Waals surface area contributed by atoms with Crippen molar-refractivity contribution in [3.8, 4) is 0 Å². The highest BCUT2D eigenvalue weighted by Gasteiger charge is 2.30. The number of nitro benzene ring substituents is 1. The number of rotatable bonds is 5. The number of likely N-dealkylation sites (N-methyl/N-ethyl adjacent to an activating group) is 1. The average Bonchev–Trinajstić information content (AvgIpc) is 2.60. The first-order valence-electron chi connectivity index (χ1n) is 7.75. The Morgan fingerprint density at radius 2 is 1.81 bits per heavy atom. The predicted octanol–water partition coefficient (Wildman–Crippen LogP) is 4.38. The molecule has 0 aliphatic rings. The smallest absolute Gasteiger partial charge is 0.339 e. The molecule has 5 nitrogen and oxygen atoms in total. The SMILES string of the molecule is CC(c1cccc([N+](=O)[O-])c1)N(C)C(=O)Cc1ccc(C(F)(F)F)cc1. The number of carbonyl (C=O) groups excluding carboxylic acids is 1. The Labute approximate surface area is 148 Å². The molecule has 1 unspecified atom stereocenters. The summed E-state index contributed by atoms with van der Waals surface area (Å²) >= 11 is 0. The van der Waals surface area contributed by atoms with Crippen LogP contribution in [0.2, 0.25) is 0 Å². The molecular weight excluding hydrogens is 349 g/mol. The van der Waals surface area contributed by atoms with Crippen LogP contribution in [0.15, 0.2) is 48.5 Å². The van der Waals surface area contributed by atoms with E-state index >= 15 is 0 Å². The molecule has 0 aliphatic heterocycles. The maximum atomic E-state index is 12.6. The number of benzene rings is 2. The van der Waals surface area contributed by atoms with E-state index in [0.717, 1.165) is 12.1 Å². The van der Waals surface area contributed by atoms with E-state index in [1.165, 1.54) is 35.2 Å². The van der Waals surface area contributed by atoms with Gasteiger partial charge in [-0.3, -0.25) is 14.9 Å². The lowest BCUT2D eigenvalue weighted by atomic mass is 10.0. The van der Waals surface area contributed by atoms with Crippen LogP contribution >= 0.6 is 0 Å². The fourth-order valence-electron chi connectivity index (χ4n) is 2.45. The number of nitrogens with zero attached hydrogens (tertiary/aromatic N) is 2. The third-order valence-electron chi connectivity index (χ3n) is 4.17. The van der Waals surface area contributed by atoms with Crippen molar-refractivity contribution in [1.29, 1.82) is 0 Å². The zero-order valence-electron chi connectivity index (χ0n) is 14.2. The Balaban J connectivity index is 2.09. The van der Waals surface area contributed by atoms with Crippen molar-refractivity contribution in [2.45, 2.75) is 25.6 Å². The van der Waals surface area contributed by atoms with Crippen LogP contribution in [-0.4, -0.2) is 22.8 Å². The Morgan fingerprint density at radius 3 is 2.35 bits per heavy atom. The van der Waals surface area contributed by atoms with E-state index in [-0.39, 0.29) is 18.0 Å². The highest BCUT2D eigenvalue weighted by atomic mass is 19.4. The Morgan fingerprint density at radius 1 is 1.19 bits per heavy atom. The zero-order valence-corrected chi connectivity index (χ0v) is 14.2. The molecule has 1 atom stereocenters. The van der Waals surface area contributed by atoms with Crippen molar-refractivity contribution in [2.75, 3.05) is 7.05 Å². The number of halogens is 3. The molecule has 0 heterocycles. The summed E-state index contributed by atoms with van der Waals surface area (Å²) < 4.78 is 37.7. The summed E-state index contributed by atoms with van der Waals surface area (Å²) in [6, 6.07) is 9.97. The Hall–Kier alpha value is -2.90. The number of alkyl halides is 3. The quantitative estimate of drug-likeness (QED) is 0.583. The van der Waals surface area contributed by atoms with Crippen molar-refractivity contribution in [1.82, 2.24) is 4.90 Å². The molecule has 0 spiro atoms. The minimum absolute atomic E-state index is 0.0616. The largest absolute Gasteiger partial charge is 0.416 e. The molecule has 2 aromatic rings. The van der Waals surface area contributed by atoms with Crippen molar-refractivity contribution >= 4 is 11.6 Å². The average molecular weight is 366 g/mol. The van der Waals surface area contributed by atoms with Gasteiger partial charge in [-0.1, -0.05) is 24.3 Å². The number of carbonyl (C=O) groups is 1. The van der Waals surface area contributed by atoms with Gasteiger partial charge in [0.05, 0.1) is 22.9 Å². The first-order valence-corrected chi connectivity index (χ1v) is 7.75. The molecule has 0 bridgehead atoms. The van der Waals surface area contributed by atoms with Crippen molar-refractivity contribution in [2.24, 2.45) is 0 Å². The molecular formula is C18H17F3N2O3. The summed E-state index contributed by atoms with van der Waals surface area (Å²) in [5.41, 5.74) is 0.216. The third kappa shape index (κ3) is 4.59. The lowest BCUT2D eigenvalue weighted by Gasteiger charge is -2.25. The molecule has 0 fully saturated rings. The van der Waals surface area contributed by atoms with Gasteiger partial charge in [0, 0.05) is 19.2 Å². The molecule has 2 aromatic carbocycles. The lowest BCUT2D eigenvalue weighted by molar-refractivity contribution is -0.384.